The van der Waals surface area contributed by atoms with Gasteiger partial charge in [0.05, 0.1) is 6.54 Å². The summed E-state index contributed by atoms with van der Waals surface area (Å²) in [6.07, 6.45) is -1.48. The quantitative estimate of drug-likeness (QED) is 0.633. The molecule has 5 nitrogen and oxygen atoms in total. The lowest BCUT2D eigenvalue weighted by atomic mass is 10.3. The zero-order valence-electron chi connectivity index (χ0n) is 9.18. The van der Waals surface area contributed by atoms with Crippen molar-refractivity contribution in [2.24, 2.45) is 0 Å². The Hall–Kier alpha value is -2.32. The van der Waals surface area contributed by atoms with Crippen molar-refractivity contribution in [3.63, 3.8) is 0 Å². The maximum Gasteiger partial charge on any atom is 0.405 e. The van der Waals surface area contributed by atoms with E-state index < -0.39 is 54.0 Å². The van der Waals surface area contributed by atoms with Crippen LogP contribution in [0.4, 0.5) is 22.4 Å². The molecule has 1 rings (SSSR count). The van der Waals surface area contributed by atoms with Gasteiger partial charge >= 0.3 is 6.09 Å². The maximum atomic E-state index is 13.1. The smallest absolute Gasteiger partial charge is 0.405 e. The number of ketones is 1. The highest BCUT2D eigenvalue weighted by Crippen LogP contribution is 2.26. The van der Waals surface area contributed by atoms with Gasteiger partial charge in [-0.2, -0.15) is 8.78 Å². The van der Waals surface area contributed by atoms with Gasteiger partial charge in [0.25, 0.3) is 0 Å². The summed E-state index contributed by atoms with van der Waals surface area (Å²) < 4.78 is 56.0. The van der Waals surface area contributed by atoms with Gasteiger partial charge in [-0.05, 0) is 0 Å². The van der Waals surface area contributed by atoms with E-state index in [4.69, 9.17) is 5.11 Å². The fourth-order valence-corrected chi connectivity index (χ4v) is 1.06. The van der Waals surface area contributed by atoms with Gasteiger partial charge in [0.1, 0.15) is 6.61 Å². The first kappa shape index (κ1) is 14.7. The molecule has 0 aromatic heterocycles. The Bertz CT molecular complexity index is 494. The summed E-state index contributed by atoms with van der Waals surface area (Å²) in [4.78, 5) is 21.1. The molecule has 0 saturated carbocycles. The average molecular weight is 281 g/mol. The van der Waals surface area contributed by atoms with E-state index in [0.717, 1.165) is 0 Å². The Morgan fingerprint density at radius 2 is 1.68 bits per heavy atom. The van der Waals surface area contributed by atoms with Crippen molar-refractivity contribution in [2.45, 2.75) is 0 Å². The van der Waals surface area contributed by atoms with Gasteiger partial charge in [-0.25, -0.2) is 13.6 Å². The molecule has 0 saturated heterocycles. The molecule has 1 amide bonds. The molecule has 1 aromatic rings. The zero-order chi connectivity index (χ0) is 14.6. The maximum absolute atomic E-state index is 13.1. The molecule has 2 N–H and O–H groups in total. The molecule has 0 atom stereocenters. The Labute approximate surface area is 103 Å². The molecule has 0 spiro atoms. The molecular weight excluding hydrogens is 274 g/mol. The number of ether oxygens (including phenoxy) is 1. The van der Waals surface area contributed by atoms with Gasteiger partial charge in [-0.1, -0.05) is 0 Å². The van der Waals surface area contributed by atoms with Crippen molar-refractivity contribution < 1.29 is 37.0 Å². The Morgan fingerprint density at radius 1 is 1.16 bits per heavy atom. The van der Waals surface area contributed by atoms with Crippen molar-refractivity contribution in [1.29, 1.82) is 0 Å². The highest BCUT2D eigenvalue weighted by Gasteiger charge is 2.21. The van der Waals surface area contributed by atoms with Gasteiger partial charge < -0.3 is 15.2 Å². The lowest BCUT2D eigenvalue weighted by Gasteiger charge is -2.08. The van der Waals surface area contributed by atoms with E-state index >= 15 is 0 Å². The van der Waals surface area contributed by atoms with Crippen LogP contribution >= 0.6 is 0 Å². The van der Waals surface area contributed by atoms with Crippen molar-refractivity contribution in [1.82, 2.24) is 5.32 Å². The molecule has 0 bridgehead atoms. The van der Waals surface area contributed by atoms with Gasteiger partial charge in [-0.15, -0.1) is 0 Å². The molecule has 0 radical (unpaired) electrons. The minimum absolute atomic E-state index is 0.00860. The number of amides is 1. The van der Waals surface area contributed by atoms with Crippen LogP contribution in [-0.4, -0.2) is 30.1 Å². The number of carbonyl (C=O) groups is 2. The number of nitrogens with one attached hydrogen (secondary N) is 1. The standard InChI is InChI=1S/C10H7F4NO4/c11-5-1-6(12)8(14)9(7(5)13)19-3-4(16)2-15-10(17)18/h1,15H,2-3H2,(H,17,18). The van der Waals surface area contributed by atoms with Crippen molar-refractivity contribution in [2.75, 3.05) is 13.2 Å². The number of carboxylic acid groups (broad SMARTS) is 1. The van der Waals surface area contributed by atoms with Gasteiger partial charge in [0.15, 0.2) is 23.2 Å². The normalized spacial score (nSPS) is 10.1. The summed E-state index contributed by atoms with van der Waals surface area (Å²) in [7, 11) is 0. The van der Waals surface area contributed by atoms with Crippen LogP contribution in [0.25, 0.3) is 0 Å². The van der Waals surface area contributed by atoms with Crippen molar-refractivity contribution >= 4 is 11.9 Å². The topological polar surface area (TPSA) is 75.6 Å². The number of carbonyl (C=O) groups excluding carboxylic acids is 1. The van der Waals surface area contributed by atoms with Gasteiger partial charge in [0, 0.05) is 6.07 Å². The van der Waals surface area contributed by atoms with E-state index in [1.54, 1.807) is 5.32 Å². The first-order valence-corrected chi connectivity index (χ1v) is 4.77. The van der Waals surface area contributed by atoms with Gasteiger partial charge in [0.2, 0.25) is 11.6 Å². The molecule has 19 heavy (non-hydrogen) atoms. The lowest BCUT2D eigenvalue weighted by Crippen LogP contribution is -2.31. The molecule has 0 aliphatic rings. The number of rotatable bonds is 5. The van der Waals surface area contributed by atoms with Crippen LogP contribution in [0.15, 0.2) is 6.07 Å². The summed E-state index contributed by atoms with van der Waals surface area (Å²) in [6.45, 7) is -1.62. The van der Waals surface area contributed by atoms with E-state index in [9.17, 15) is 27.2 Å². The van der Waals surface area contributed by atoms with Crippen LogP contribution in [0.2, 0.25) is 0 Å². The van der Waals surface area contributed by atoms with Crippen LogP contribution in [0.1, 0.15) is 0 Å². The highest BCUT2D eigenvalue weighted by atomic mass is 19.2. The van der Waals surface area contributed by atoms with Crippen LogP contribution < -0.4 is 10.1 Å². The summed E-state index contributed by atoms with van der Waals surface area (Å²) in [5.41, 5.74) is 0. The molecule has 0 aliphatic carbocycles. The Balaban J connectivity index is 2.73. The second kappa shape index (κ2) is 6.03. The molecule has 104 valence electrons. The molecule has 9 heteroatoms. The lowest BCUT2D eigenvalue weighted by molar-refractivity contribution is -0.120. The summed E-state index contributed by atoms with van der Waals surface area (Å²) in [5.74, 6) is -9.17. The van der Waals surface area contributed by atoms with E-state index in [0.29, 0.717) is 0 Å². The highest BCUT2D eigenvalue weighted by molar-refractivity contribution is 5.84. The number of Topliss-reactive ketones (excluding diaryl/α,β-unsaturated/α-hetero) is 1. The number of hydrogen-bond acceptors (Lipinski definition) is 3. The van der Waals surface area contributed by atoms with E-state index in [1.807, 2.05) is 0 Å². The Kier molecular flexibility index (Phi) is 4.67. The predicted molar refractivity (Wildman–Crippen MR) is 52.8 cm³/mol. The third-order valence-corrected chi connectivity index (χ3v) is 1.89. The molecule has 1 aromatic carbocycles. The first-order chi connectivity index (χ1) is 8.82. The fourth-order valence-electron chi connectivity index (χ4n) is 1.06. The summed E-state index contributed by atoms with van der Waals surface area (Å²) in [6, 6.07) is -0.00860. The van der Waals surface area contributed by atoms with Crippen LogP contribution in [0.5, 0.6) is 5.75 Å². The summed E-state index contributed by atoms with van der Waals surface area (Å²) in [5, 5.41) is 9.87. The van der Waals surface area contributed by atoms with Crippen molar-refractivity contribution in [3.05, 3.63) is 29.3 Å². The number of benzene rings is 1. The van der Waals surface area contributed by atoms with Crippen LogP contribution in [-0.2, 0) is 4.79 Å². The van der Waals surface area contributed by atoms with Crippen LogP contribution in [0.3, 0.4) is 0 Å². The minimum Gasteiger partial charge on any atom is -0.479 e. The second-order valence-electron chi connectivity index (χ2n) is 3.28. The van der Waals surface area contributed by atoms with Gasteiger partial charge in [-0.3, -0.25) is 4.79 Å². The third kappa shape index (κ3) is 3.83. The average Bonchev–Trinajstić information content (AvgIpc) is 2.34. The van der Waals surface area contributed by atoms with E-state index in [2.05, 4.69) is 4.74 Å². The zero-order valence-corrected chi connectivity index (χ0v) is 9.18. The molecule has 0 fully saturated rings. The van der Waals surface area contributed by atoms with E-state index in [-0.39, 0.29) is 6.07 Å². The minimum atomic E-state index is -1.78. The number of halogens is 4. The largest absolute Gasteiger partial charge is 0.479 e. The van der Waals surface area contributed by atoms with Crippen molar-refractivity contribution in [3.8, 4) is 5.75 Å². The second-order valence-corrected chi connectivity index (χ2v) is 3.28. The predicted octanol–water partition coefficient (Wildman–Crippen LogP) is 1.46. The third-order valence-electron chi connectivity index (χ3n) is 1.89. The molecular formula is C10H7F4NO4. The molecule has 0 heterocycles. The molecule has 0 unspecified atom stereocenters. The Morgan fingerprint density at radius 3 is 2.16 bits per heavy atom. The fraction of sp³-hybridized carbons (Fsp3) is 0.200. The monoisotopic (exact) mass is 281 g/mol. The van der Waals surface area contributed by atoms with E-state index in [1.165, 1.54) is 0 Å². The number of hydrogen-bond donors (Lipinski definition) is 2. The first-order valence-electron chi connectivity index (χ1n) is 4.77. The SMILES string of the molecule is O=C(CNC(=O)O)COc1c(F)c(F)cc(F)c1F. The summed E-state index contributed by atoms with van der Waals surface area (Å²) >= 11 is 0. The van der Waals surface area contributed by atoms with Crippen LogP contribution in [0, 0.1) is 23.3 Å². The molecule has 0 aliphatic heterocycles.